The van der Waals surface area contributed by atoms with Crippen LogP contribution < -0.4 is 5.73 Å². The van der Waals surface area contributed by atoms with Crippen LogP contribution in [-0.2, 0) is 11.2 Å². The van der Waals surface area contributed by atoms with Gasteiger partial charge < -0.3 is 10.5 Å². The summed E-state index contributed by atoms with van der Waals surface area (Å²) in [7, 11) is 0. The number of hydrogen-bond donors (Lipinski definition) is 1. The third-order valence-corrected chi connectivity index (χ3v) is 3.52. The zero-order valence-corrected chi connectivity index (χ0v) is 8.69. The lowest BCUT2D eigenvalue weighted by molar-refractivity contribution is 0.0627. The van der Waals surface area contributed by atoms with E-state index >= 15 is 0 Å². The van der Waals surface area contributed by atoms with E-state index in [1.54, 1.807) is 0 Å². The molecule has 0 saturated heterocycles. The van der Waals surface area contributed by atoms with E-state index in [9.17, 15) is 0 Å². The number of nitrogens with two attached hydrogens (primary N) is 1. The maximum Gasteiger partial charge on any atom is 0.0957 e. The van der Waals surface area contributed by atoms with Gasteiger partial charge in [-0.05, 0) is 31.4 Å². The van der Waals surface area contributed by atoms with E-state index < -0.39 is 0 Å². The summed E-state index contributed by atoms with van der Waals surface area (Å²) in [6.45, 7) is 3.60. The van der Waals surface area contributed by atoms with Gasteiger partial charge in [0.2, 0.25) is 0 Å². The summed E-state index contributed by atoms with van der Waals surface area (Å²) in [5.74, 6) is 0. The molecule has 0 spiro atoms. The fourth-order valence-corrected chi connectivity index (χ4v) is 2.92. The monoisotopic (exact) mass is 197 g/mol. The summed E-state index contributed by atoms with van der Waals surface area (Å²) in [4.78, 5) is 2.85. The van der Waals surface area contributed by atoms with Gasteiger partial charge in [0.25, 0.3) is 0 Å². The number of thiophene rings is 1. The molecule has 0 radical (unpaired) electrons. The number of ether oxygens (including phenoxy) is 1. The minimum absolute atomic E-state index is 0.141. The normalized spacial score (nSPS) is 22.5. The largest absolute Gasteiger partial charge is 0.372 e. The van der Waals surface area contributed by atoms with Crippen LogP contribution in [0, 0.1) is 6.92 Å². The van der Waals surface area contributed by atoms with Gasteiger partial charge in [0.15, 0.2) is 0 Å². The second kappa shape index (κ2) is 3.78. The van der Waals surface area contributed by atoms with Gasteiger partial charge in [-0.15, -0.1) is 11.3 Å². The molecular formula is C10H15NOS. The molecule has 2 rings (SSSR count). The number of aryl methyl sites for hydroxylation is 2. The van der Waals surface area contributed by atoms with Crippen molar-refractivity contribution in [2.75, 3.05) is 13.2 Å². The van der Waals surface area contributed by atoms with Crippen molar-refractivity contribution in [3.05, 3.63) is 21.4 Å². The minimum atomic E-state index is 0.141. The molecule has 1 atom stereocenters. The van der Waals surface area contributed by atoms with E-state index in [0.29, 0.717) is 6.54 Å². The molecule has 3 heteroatoms. The summed E-state index contributed by atoms with van der Waals surface area (Å²) in [5, 5.41) is 0. The predicted octanol–water partition coefficient (Wildman–Crippen LogP) is 2.02. The Morgan fingerprint density at radius 3 is 3.31 bits per heavy atom. The molecule has 0 amide bonds. The lowest BCUT2D eigenvalue weighted by Crippen LogP contribution is -2.15. The molecular weight excluding hydrogens is 182 g/mol. The molecule has 0 aromatic carbocycles. The number of hydrogen-bond acceptors (Lipinski definition) is 3. The smallest absolute Gasteiger partial charge is 0.0957 e. The first kappa shape index (κ1) is 9.19. The molecule has 2 heterocycles. The Bertz CT molecular complexity index is 295. The Morgan fingerprint density at radius 2 is 2.54 bits per heavy atom. The highest BCUT2D eigenvalue weighted by atomic mass is 32.1. The molecule has 13 heavy (non-hydrogen) atoms. The van der Waals surface area contributed by atoms with E-state index in [2.05, 4.69) is 13.0 Å². The van der Waals surface area contributed by atoms with Gasteiger partial charge in [-0.25, -0.2) is 0 Å². The maximum absolute atomic E-state index is 5.68. The van der Waals surface area contributed by atoms with Crippen LogP contribution in [0.1, 0.15) is 27.8 Å². The summed E-state index contributed by atoms with van der Waals surface area (Å²) >= 11 is 1.89. The van der Waals surface area contributed by atoms with Crippen molar-refractivity contribution < 1.29 is 4.74 Å². The van der Waals surface area contributed by atoms with Gasteiger partial charge in [-0.2, -0.15) is 0 Å². The standard InChI is InChI=1S/C10H15NOS/c1-7-5-8-9(6-11)12-4-2-3-10(8)13-7/h5,9H,2-4,6,11H2,1H3. The van der Waals surface area contributed by atoms with Crippen molar-refractivity contribution >= 4 is 11.3 Å². The van der Waals surface area contributed by atoms with E-state index in [1.807, 2.05) is 11.3 Å². The first-order valence-electron chi connectivity index (χ1n) is 4.72. The average molecular weight is 197 g/mol. The van der Waals surface area contributed by atoms with Crippen LogP contribution in [0.5, 0.6) is 0 Å². The lowest BCUT2D eigenvalue weighted by atomic mass is 10.1. The van der Waals surface area contributed by atoms with Crippen molar-refractivity contribution in [1.29, 1.82) is 0 Å². The molecule has 0 bridgehead atoms. The highest BCUT2D eigenvalue weighted by molar-refractivity contribution is 7.12. The zero-order valence-electron chi connectivity index (χ0n) is 7.88. The molecule has 2 N–H and O–H groups in total. The quantitative estimate of drug-likeness (QED) is 0.747. The van der Waals surface area contributed by atoms with Crippen molar-refractivity contribution in [2.45, 2.75) is 25.9 Å². The second-order valence-electron chi connectivity index (χ2n) is 3.43. The highest BCUT2D eigenvalue weighted by Crippen LogP contribution is 2.32. The molecule has 1 aliphatic heterocycles. The number of fused-ring (bicyclic) bond motifs is 1. The fraction of sp³-hybridized carbons (Fsp3) is 0.600. The van der Waals surface area contributed by atoms with Crippen LogP contribution in [0.4, 0.5) is 0 Å². The Labute approximate surface area is 82.7 Å². The molecule has 1 unspecified atom stereocenters. The maximum atomic E-state index is 5.68. The molecule has 0 fully saturated rings. The van der Waals surface area contributed by atoms with Gasteiger partial charge >= 0.3 is 0 Å². The van der Waals surface area contributed by atoms with Crippen molar-refractivity contribution in [3.63, 3.8) is 0 Å². The minimum Gasteiger partial charge on any atom is -0.372 e. The molecule has 1 aromatic rings. The van der Waals surface area contributed by atoms with E-state index in [0.717, 1.165) is 19.4 Å². The Morgan fingerprint density at radius 1 is 1.69 bits per heavy atom. The van der Waals surface area contributed by atoms with Gasteiger partial charge in [0.05, 0.1) is 6.10 Å². The number of rotatable bonds is 1. The summed E-state index contributed by atoms with van der Waals surface area (Å²) < 4.78 is 5.67. The van der Waals surface area contributed by atoms with E-state index in [4.69, 9.17) is 10.5 Å². The Balaban J connectivity index is 2.34. The van der Waals surface area contributed by atoms with E-state index in [1.165, 1.54) is 15.3 Å². The SMILES string of the molecule is Cc1cc2c(s1)CCCOC2CN. The lowest BCUT2D eigenvalue weighted by Gasteiger charge is -2.12. The average Bonchev–Trinajstić information content (AvgIpc) is 2.37. The van der Waals surface area contributed by atoms with Crippen LogP contribution in [0.15, 0.2) is 6.07 Å². The van der Waals surface area contributed by atoms with Crippen molar-refractivity contribution in [3.8, 4) is 0 Å². The molecule has 0 aliphatic carbocycles. The summed E-state index contributed by atoms with van der Waals surface area (Å²) in [6.07, 6.45) is 2.43. The Hall–Kier alpha value is -0.380. The van der Waals surface area contributed by atoms with Crippen LogP contribution in [0.3, 0.4) is 0 Å². The van der Waals surface area contributed by atoms with Crippen molar-refractivity contribution in [1.82, 2.24) is 0 Å². The first-order valence-corrected chi connectivity index (χ1v) is 5.54. The van der Waals surface area contributed by atoms with Gasteiger partial charge in [-0.3, -0.25) is 0 Å². The predicted molar refractivity (Wildman–Crippen MR) is 55.1 cm³/mol. The van der Waals surface area contributed by atoms with Crippen LogP contribution in [-0.4, -0.2) is 13.2 Å². The Kier molecular flexibility index (Phi) is 2.67. The van der Waals surface area contributed by atoms with Crippen LogP contribution in [0.25, 0.3) is 0 Å². The van der Waals surface area contributed by atoms with Gasteiger partial charge in [-0.1, -0.05) is 0 Å². The topological polar surface area (TPSA) is 35.2 Å². The van der Waals surface area contributed by atoms with Crippen molar-refractivity contribution in [2.24, 2.45) is 5.73 Å². The molecule has 1 aliphatic rings. The summed E-state index contributed by atoms with van der Waals surface area (Å²) in [6, 6.07) is 2.23. The second-order valence-corrected chi connectivity index (χ2v) is 4.78. The van der Waals surface area contributed by atoms with Gasteiger partial charge in [0.1, 0.15) is 0 Å². The van der Waals surface area contributed by atoms with Crippen LogP contribution in [0.2, 0.25) is 0 Å². The van der Waals surface area contributed by atoms with Gasteiger partial charge in [0, 0.05) is 22.9 Å². The molecule has 0 saturated carbocycles. The first-order chi connectivity index (χ1) is 6.31. The molecule has 2 nitrogen and oxygen atoms in total. The third kappa shape index (κ3) is 1.77. The summed E-state index contributed by atoms with van der Waals surface area (Å²) in [5.41, 5.74) is 7.01. The van der Waals surface area contributed by atoms with E-state index in [-0.39, 0.29) is 6.10 Å². The van der Waals surface area contributed by atoms with Crippen LogP contribution >= 0.6 is 11.3 Å². The third-order valence-electron chi connectivity index (χ3n) is 2.39. The highest BCUT2D eigenvalue weighted by Gasteiger charge is 2.19. The fourth-order valence-electron chi connectivity index (χ4n) is 1.79. The molecule has 1 aromatic heterocycles. The molecule has 72 valence electrons. The zero-order chi connectivity index (χ0) is 9.26.